The molecule has 1 saturated heterocycles. The third kappa shape index (κ3) is 1.52. The zero-order valence-corrected chi connectivity index (χ0v) is 7.14. The van der Waals surface area contributed by atoms with Crippen LogP contribution in [0.25, 0.3) is 0 Å². The van der Waals surface area contributed by atoms with E-state index in [4.69, 9.17) is 4.74 Å². The van der Waals surface area contributed by atoms with Crippen molar-refractivity contribution in [2.75, 3.05) is 6.61 Å². The van der Waals surface area contributed by atoms with Crippen LogP contribution in [-0.4, -0.2) is 26.7 Å². The van der Waals surface area contributed by atoms with Crippen molar-refractivity contribution in [3.63, 3.8) is 0 Å². The fourth-order valence-electron chi connectivity index (χ4n) is 1.17. The second-order valence-electron chi connectivity index (χ2n) is 3.35. The molecular weight excluding hydrogens is 174 g/mol. The zero-order chi connectivity index (χ0) is 9.47. The van der Waals surface area contributed by atoms with E-state index < -0.39 is 4.92 Å². The maximum atomic E-state index is 10.5. The standard InChI is InChI=1S/C7H9N3O3/c1-7(5-13-7)4-9-3-2-8-6(9)10(11)12/h2-3H,4-5H2,1H3. The molecule has 0 aromatic carbocycles. The molecule has 1 atom stereocenters. The lowest BCUT2D eigenvalue weighted by atomic mass is 10.2. The second kappa shape index (κ2) is 2.53. The molecule has 1 aliphatic rings. The van der Waals surface area contributed by atoms with Crippen LogP contribution >= 0.6 is 0 Å². The van der Waals surface area contributed by atoms with Crippen molar-refractivity contribution in [3.05, 3.63) is 22.5 Å². The predicted octanol–water partition coefficient (Wildman–Crippen LogP) is 0.580. The van der Waals surface area contributed by atoms with E-state index in [1.165, 1.54) is 10.8 Å². The Morgan fingerprint density at radius 1 is 1.92 bits per heavy atom. The summed E-state index contributed by atoms with van der Waals surface area (Å²) in [4.78, 5) is 13.6. The Morgan fingerprint density at radius 3 is 3.15 bits per heavy atom. The second-order valence-corrected chi connectivity index (χ2v) is 3.35. The third-order valence-electron chi connectivity index (χ3n) is 2.00. The summed E-state index contributed by atoms with van der Waals surface area (Å²) < 4.78 is 6.63. The molecule has 1 fully saturated rings. The number of hydrogen-bond acceptors (Lipinski definition) is 4. The molecule has 1 unspecified atom stereocenters. The lowest BCUT2D eigenvalue weighted by molar-refractivity contribution is -0.396. The van der Waals surface area contributed by atoms with E-state index in [1.807, 2.05) is 6.92 Å². The van der Waals surface area contributed by atoms with Gasteiger partial charge in [0.25, 0.3) is 0 Å². The van der Waals surface area contributed by atoms with E-state index in [-0.39, 0.29) is 11.5 Å². The van der Waals surface area contributed by atoms with Gasteiger partial charge in [-0.25, -0.2) is 4.57 Å². The lowest BCUT2D eigenvalue weighted by Crippen LogP contribution is -2.16. The van der Waals surface area contributed by atoms with Crippen molar-refractivity contribution in [2.45, 2.75) is 19.1 Å². The molecule has 0 radical (unpaired) electrons. The van der Waals surface area contributed by atoms with Crippen molar-refractivity contribution < 1.29 is 9.66 Å². The molecule has 0 amide bonds. The number of hydrogen-bond donors (Lipinski definition) is 0. The normalized spacial score (nSPS) is 25.9. The van der Waals surface area contributed by atoms with Crippen LogP contribution in [0.4, 0.5) is 5.95 Å². The average Bonchev–Trinajstić information content (AvgIpc) is 2.63. The first-order chi connectivity index (χ1) is 6.11. The lowest BCUT2D eigenvalue weighted by Gasteiger charge is -2.03. The summed E-state index contributed by atoms with van der Waals surface area (Å²) in [7, 11) is 0. The van der Waals surface area contributed by atoms with Gasteiger partial charge in [0, 0.05) is 0 Å². The van der Waals surface area contributed by atoms with Gasteiger partial charge in [-0.05, 0) is 11.8 Å². The predicted molar refractivity (Wildman–Crippen MR) is 43.2 cm³/mol. The monoisotopic (exact) mass is 183 g/mol. The highest BCUT2D eigenvalue weighted by Crippen LogP contribution is 2.29. The third-order valence-corrected chi connectivity index (χ3v) is 2.00. The zero-order valence-electron chi connectivity index (χ0n) is 7.14. The van der Waals surface area contributed by atoms with Gasteiger partial charge in [0.15, 0.2) is 0 Å². The smallest absolute Gasteiger partial charge is 0.390 e. The summed E-state index contributed by atoms with van der Waals surface area (Å²) >= 11 is 0. The van der Waals surface area contributed by atoms with Crippen LogP contribution in [0.2, 0.25) is 0 Å². The van der Waals surface area contributed by atoms with Crippen molar-refractivity contribution in [1.82, 2.24) is 9.55 Å². The average molecular weight is 183 g/mol. The van der Waals surface area contributed by atoms with Gasteiger partial charge in [-0.15, -0.1) is 0 Å². The van der Waals surface area contributed by atoms with E-state index in [0.717, 1.165) is 0 Å². The summed E-state index contributed by atoms with van der Waals surface area (Å²) in [5.74, 6) is -0.128. The summed E-state index contributed by atoms with van der Waals surface area (Å²) in [5, 5.41) is 10.5. The summed E-state index contributed by atoms with van der Waals surface area (Å²) in [5.41, 5.74) is -0.231. The van der Waals surface area contributed by atoms with Crippen molar-refractivity contribution in [1.29, 1.82) is 0 Å². The quantitative estimate of drug-likeness (QED) is 0.390. The number of nitrogens with zero attached hydrogens (tertiary/aromatic N) is 3. The number of nitro groups is 1. The first-order valence-electron chi connectivity index (χ1n) is 3.90. The molecule has 1 aromatic rings. The molecule has 6 nitrogen and oxygen atoms in total. The number of rotatable bonds is 3. The topological polar surface area (TPSA) is 73.5 Å². The molecule has 6 heteroatoms. The summed E-state index contributed by atoms with van der Waals surface area (Å²) in [6.07, 6.45) is 3.01. The van der Waals surface area contributed by atoms with Gasteiger partial charge in [-0.1, -0.05) is 4.98 Å². The van der Waals surface area contributed by atoms with E-state index in [0.29, 0.717) is 13.2 Å². The minimum atomic E-state index is -0.494. The highest BCUT2D eigenvalue weighted by molar-refractivity contribution is 5.08. The van der Waals surface area contributed by atoms with Crippen LogP contribution < -0.4 is 0 Å². The molecular formula is C7H9N3O3. The van der Waals surface area contributed by atoms with Crippen LogP contribution in [0.15, 0.2) is 12.4 Å². The Kier molecular flexibility index (Phi) is 1.59. The van der Waals surface area contributed by atoms with Gasteiger partial charge >= 0.3 is 5.95 Å². The first-order valence-corrected chi connectivity index (χ1v) is 3.90. The van der Waals surface area contributed by atoms with Crippen molar-refractivity contribution >= 4 is 5.95 Å². The largest absolute Gasteiger partial charge is 0.434 e. The molecule has 0 aliphatic carbocycles. The van der Waals surface area contributed by atoms with Gasteiger partial charge in [-0.2, -0.15) is 0 Å². The molecule has 2 rings (SSSR count). The molecule has 13 heavy (non-hydrogen) atoms. The molecule has 0 N–H and O–H groups in total. The fraction of sp³-hybridized carbons (Fsp3) is 0.571. The minimum Gasteiger partial charge on any atom is -0.390 e. The maximum Gasteiger partial charge on any atom is 0.434 e. The molecule has 70 valence electrons. The van der Waals surface area contributed by atoms with E-state index in [9.17, 15) is 10.1 Å². The van der Waals surface area contributed by atoms with E-state index in [1.54, 1.807) is 6.20 Å². The van der Waals surface area contributed by atoms with Gasteiger partial charge in [-0.3, -0.25) is 0 Å². The van der Waals surface area contributed by atoms with E-state index >= 15 is 0 Å². The van der Waals surface area contributed by atoms with Crippen LogP contribution in [-0.2, 0) is 11.3 Å². The number of ether oxygens (including phenoxy) is 1. The Bertz CT molecular complexity index is 343. The minimum absolute atomic E-state index is 0.128. The summed E-state index contributed by atoms with van der Waals surface area (Å²) in [6, 6.07) is 0. The SMILES string of the molecule is CC1(Cn2ccnc2[N+](=O)[O-])CO1. The fourth-order valence-corrected chi connectivity index (χ4v) is 1.17. The summed E-state index contributed by atoms with van der Waals surface area (Å²) in [6.45, 7) is 3.06. The van der Waals surface area contributed by atoms with Gasteiger partial charge in [0.1, 0.15) is 24.5 Å². The Hall–Kier alpha value is -1.43. The van der Waals surface area contributed by atoms with Gasteiger partial charge in [0.05, 0.1) is 6.61 Å². The maximum absolute atomic E-state index is 10.5. The molecule has 1 aromatic heterocycles. The van der Waals surface area contributed by atoms with Gasteiger partial charge in [0.2, 0.25) is 0 Å². The highest BCUT2D eigenvalue weighted by atomic mass is 16.6. The molecule has 1 aliphatic heterocycles. The van der Waals surface area contributed by atoms with Gasteiger partial charge < -0.3 is 14.9 Å². The van der Waals surface area contributed by atoms with Crippen molar-refractivity contribution in [2.24, 2.45) is 0 Å². The number of aromatic nitrogens is 2. The van der Waals surface area contributed by atoms with Crippen molar-refractivity contribution in [3.8, 4) is 0 Å². The molecule has 0 spiro atoms. The molecule has 0 bridgehead atoms. The van der Waals surface area contributed by atoms with E-state index in [2.05, 4.69) is 4.98 Å². The molecule has 2 heterocycles. The first kappa shape index (κ1) is 8.18. The van der Waals surface area contributed by atoms with Crippen LogP contribution in [0.5, 0.6) is 0 Å². The Balaban J connectivity index is 2.19. The number of epoxide rings is 1. The van der Waals surface area contributed by atoms with Crippen LogP contribution in [0.3, 0.4) is 0 Å². The van der Waals surface area contributed by atoms with Crippen LogP contribution in [0, 0.1) is 10.1 Å². The highest BCUT2D eigenvalue weighted by Gasteiger charge is 2.42. The number of imidazole rings is 1. The Labute approximate surface area is 74.3 Å². The Morgan fingerprint density at radius 2 is 2.62 bits per heavy atom. The van der Waals surface area contributed by atoms with Crippen LogP contribution in [0.1, 0.15) is 6.92 Å². The molecule has 0 saturated carbocycles.